The topological polar surface area (TPSA) is 390 Å². The Bertz CT molecular complexity index is 6840. The Kier molecular flexibility index (Phi) is 29.4. The fraction of sp³-hybridized carbons (Fsp3) is 0.297. The molecule has 34 nitrogen and oxygen atoms in total. The third-order valence-corrected chi connectivity index (χ3v) is 25.9. The minimum Gasteiger partial charge on any atom is -0.504 e. The Morgan fingerprint density at radius 2 is 0.726 bits per heavy atom. The number of phenolic OH excluding ortho intramolecular Hbond substituents is 1. The molecule has 17 rings (SSSR count). The number of fused-ring (bicyclic) bond motifs is 4. The smallest absolute Gasteiger partial charge is 0.282 e. The molecule has 0 spiro atoms. The summed E-state index contributed by atoms with van der Waals surface area (Å²) >= 11 is 36.1. The number of halogens is 10. The highest BCUT2D eigenvalue weighted by atomic mass is 35.5. The van der Waals surface area contributed by atoms with Crippen molar-refractivity contribution in [1.29, 1.82) is 0 Å². The Balaban J connectivity index is 0.000000145. The fourth-order valence-corrected chi connectivity index (χ4v) is 18.2. The van der Waals surface area contributed by atoms with E-state index in [-0.39, 0.29) is 110 Å². The second-order valence-electron chi connectivity index (χ2n) is 31.9. The molecule has 0 aliphatic carbocycles. The number of aromatic nitrogens is 12. The summed E-state index contributed by atoms with van der Waals surface area (Å²) in [4.78, 5) is 156. The van der Waals surface area contributed by atoms with Gasteiger partial charge in [0.15, 0.2) is 23.2 Å². The Labute approximate surface area is 799 Å². The maximum atomic E-state index is 15.2. The van der Waals surface area contributed by atoms with Crippen molar-refractivity contribution < 1.29 is 41.8 Å². The van der Waals surface area contributed by atoms with E-state index in [0.29, 0.717) is 197 Å². The van der Waals surface area contributed by atoms with Crippen LogP contribution in [0, 0.1) is 51.0 Å². The number of rotatable bonds is 16. The quantitative estimate of drug-likeness (QED) is 0.0302. The van der Waals surface area contributed by atoms with E-state index in [2.05, 4.69) is 80.0 Å². The van der Waals surface area contributed by atoms with Crippen molar-refractivity contribution in [2.45, 2.75) is 47.6 Å². The van der Waals surface area contributed by atoms with Crippen LogP contribution in [0.25, 0.3) is 66.4 Å². The molecule has 4 aromatic carbocycles. The number of likely N-dealkylation sites (N-methyl/N-ethyl adjacent to an activating group) is 1. The number of hydrogen-bond acceptors (Lipinski definition) is 26. The zero-order chi connectivity index (χ0) is 97.3. The molecule has 7 N–H and O–H groups in total. The Morgan fingerprint density at radius 3 is 1.12 bits per heavy atom. The molecular formula is C91H91Cl6F4N25O9. The average Bonchev–Trinajstić information content (AvgIpc) is 0.729. The number of piperazine rings is 4. The van der Waals surface area contributed by atoms with Gasteiger partial charge in [0.05, 0.1) is 68.7 Å². The minimum atomic E-state index is -0.972. The lowest BCUT2D eigenvalue weighted by atomic mass is 10.1. The molecule has 8 aromatic heterocycles. The van der Waals surface area contributed by atoms with Crippen LogP contribution in [0.4, 0.5) is 63.8 Å². The van der Waals surface area contributed by atoms with Crippen LogP contribution in [0.15, 0.2) is 149 Å². The van der Waals surface area contributed by atoms with Gasteiger partial charge in [0.2, 0.25) is 29.6 Å². The van der Waals surface area contributed by atoms with Crippen LogP contribution >= 0.6 is 69.6 Å². The van der Waals surface area contributed by atoms with Crippen molar-refractivity contribution in [1.82, 2.24) is 82.6 Å². The molecular weight excluding hydrogens is 1880 g/mol. The number of hydrogen-bond donors (Lipinski definition) is 4. The minimum absolute atomic E-state index is 0.0245. The van der Waals surface area contributed by atoms with Gasteiger partial charge in [0.25, 0.3) is 22.2 Å². The highest BCUT2D eigenvalue weighted by molar-refractivity contribution is 6.37. The molecule has 704 valence electrons. The van der Waals surface area contributed by atoms with E-state index in [9.17, 15) is 56.6 Å². The first-order valence-corrected chi connectivity index (χ1v) is 44.7. The SMILES string of the molecule is C=CC(=O)N1CCN(c2nc(N3CC(N(CC)CC)C3)nc3c(=O)n(-c4c(O)c(Cl)cc(Cl)c4F)c(C)cc23)CC1.C=CC(=O)N1CCN(c2ncnc3c(=O)n(-c4c(F)ccc(Cl)c4N)c(C)cc23)CC1.C=CC(=O)N1CCN(c2ncnc3c(=O)n(-c4c(N)c(Cl)cc(Cl)c4F)c(C)cc23)CC1.C=CC(=O)N1CCN(c2ncnc3c(=O)n(-c4c(N)ccc(Cl)c4F)c(C)cc23)CC1. The maximum absolute atomic E-state index is 15.2. The molecule has 5 aliphatic rings. The zero-order valence-electron chi connectivity index (χ0n) is 73.9. The van der Waals surface area contributed by atoms with Crippen LogP contribution < -0.4 is 63.9 Å². The summed E-state index contributed by atoms with van der Waals surface area (Å²) in [6.45, 7) is 36.4. The second kappa shape index (κ2) is 40.7. The first-order valence-electron chi connectivity index (χ1n) is 42.5. The van der Waals surface area contributed by atoms with Gasteiger partial charge in [0.1, 0.15) is 92.9 Å². The number of aryl methyl sites for hydroxylation is 4. The number of aromatic hydroxyl groups is 1. The monoisotopic (exact) mass is 1960 g/mol. The number of nitrogens with two attached hydrogens (primary N) is 3. The van der Waals surface area contributed by atoms with Gasteiger partial charge in [-0.2, -0.15) is 4.98 Å². The summed E-state index contributed by atoms with van der Waals surface area (Å²) in [6, 6.07) is 14.8. The van der Waals surface area contributed by atoms with Gasteiger partial charge in [0, 0.05) is 147 Å². The fourth-order valence-electron chi connectivity index (χ4n) is 17.0. The maximum Gasteiger partial charge on any atom is 0.282 e. The second-order valence-corrected chi connectivity index (χ2v) is 34.3. The van der Waals surface area contributed by atoms with Crippen molar-refractivity contribution in [2.75, 3.05) is 173 Å². The molecule has 0 atom stereocenters. The summed E-state index contributed by atoms with van der Waals surface area (Å²) in [5, 5.41) is 12.1. The van der Waals surface area contributed by atoms with Gasteiger partial charge in [-0.3, -0.25) is 61.5 Å². The number of carbonyl (C=O) groups is 4. The third kappa shape index (κ3) is 19.0. The molecule has 13 heterocycles. The van der Waals surface area contributed by atoms with Crippen molar-refractivity contribution in [2.24, 2.45) is 0 Å². The number of nitrogen functional groups attached to an aromatic ring is 3. The Morgan fingerprint density at radius 1 is 0.400 bits per heavy atom. The molecule has 0 bridgehead atoms. The van der Waals surface area contributed by atoms with Gasteiger partial charge in [-0.15, -0.1) is 0 Å². The van der Waals surface area contributed by atoms with E-state index in [1.54, 1.807) is 71.6 Å². The molecule has 4 amide bonds. The molecule has 135 heavy (non-hydrogen) atoms. The first kappa shape index (κ1) is 97.5. The molecule has 5 saturated heterocycles. The van der Waals surface area contributed by atoms with E-state index in [1.807, 2.05) is 24.5 Å². The van der Waals surface area contributed by atoms with Gasteiger partial charge >= 0.3 is 0 Å². The van der Waals surface area contributed by atoms with Crippen LogP contribution in [0.2, 0.25) is 30.1 Å². The largest absolute Gasteiger partial charge is 0.504 e. The lowest BCUT2D eigenvalue weighted by Crippen LogP contribution is -2.60. The molecule has 44 heteroatoms. The van der Waals surface area contributed by atoms with Gasteiger partial charge < -0.3 is 66.4 Å². The van der Waals surface area contributed by atoms with Crippen LogP contribution in [-0.4, -0.2) is 248 Å². The van der Waals surface area contributed by atoms with E-state index in [4.69, 9.17) is 91.8 Å². The molecule has 12 aromatic rings. The number of nitrogens with zero attached hydrogens (tertiary/aromatic N) is 22. The van der Waals surface area contributed by atoms with Crippen LogP contribution in [-0.2, 0) is 19.2 Å². The van der Waals surface area contributed by atoms with Gasteiger partial charge in [-0.25, -0.2) is 52.4 Å². The van der Waals surface area contributed by atoms with Crippen molar-refractivity contribution in [3.05, 3.63) is 248 Å². The third-order valence-electron chi connectivity index (χ3n) is 24.1. The van der Waals surface area contributed by atoms with Gasteiger partial charge in [-0.1, -0.05) is 110 Å². The number of pyridine rings is 4. The summed E-state index contributed by atoms with van der Waals surface area (Å²) in [6.07, 6.45) is 9.06. The van der Waals surface area contributed by atoms with Crippen LogP contribution in [0.5, 0.6) is 5.75 Å². The molecule has 0 saturated carbocycles. The normalized spacial score (nSPS) is 14.7. The van der Waals surface area contributed by atoms with E-state index >= 15 is 4.39 Å². The molecule has 0 radical (unpaired) electrons. The lowest BCUT2D eigenvalue weighted by Gasteiger charge is -2.45. The van der Waals surface area contributed by atoms with Crippen molar-refractivity contribution in [3.63, 3.8) is 0 Å². The van der Waals surface area contributed by atoms with E-state index < -0.39 is 56.9 Å². The highest BCUT2D eigenvalue weighted by Gasteiger charge is 2.37. The van der Waals surface area contributed by atoms with Crippen molar-refractivity contribution in [3.8, 4) is 28.5 Å². The number of carbonyl (C=O) groups excluding carboxylic acids is 4. The summed E-state index contributed by atoms with van der Waals surface area (Å²) in [5.41, 5.74) is 16.9. The summed E-state index contributed by atoms with van der Waals surface area (Å²) in [5.74, 6) is -1.68. The first-order chi connectivity index (χ1) is 64.5. The predicted octanol–water partition coefficient (Wildman–Crippen LogP) is 11.2. The number of amides is 4. The van der Waals surface area contributed by atoms with Crippen molar-refractivity contribution >= 4 is 183 Å². The molecule has 5 aliphatic heterocycles. The summed E-state index contributed by atoms with van der Waals surface area (Å²) in [7, 11) is 0. The zero-order valence-corrected chi connectivity index (χ0v) is 78.5. The summed E-state index contributed by atoms with van der Waals surface area (Å²) < 4.78 is 64.0. The van der Waals surface area contributed by atoms with E-state index in [1.165, 1.54) is 82.8 Å². The number of benzene rings is 4. The van der Waals surface area contributed by atoms with Gasteiger partial charge in [-0.05, 0) is 126 Å². The lowest BCUT2D eigenvalue weighted by molar-refractivity contribution is -0.127. The highest BCUT2D eigenvalue weighted by Crippen LogP contribution is 2.41. The van der Waals surface area contributed by atoms with E-state index in [0.717, 1.165) is 28.3 Å². The number of phenols is 1. The molecule has 5 fully saturated rings. The average molecular weight is 1970 g/mol. The predicted molar refractivity (Wildman–Crippen MR) is 519 cm³/mol. The number of anilines is 8. The van der Waals surface area contributed by atoms with Crippen LogP contribution in [0.1, 0.15) is 36.6 Å². The standard InChI is InChI=1S/C28H32Cl2FN7O3.C21H19Cl2FN6O2.2C21H20ClFN6O2/c1-5-21(39)35-8-10-36(11-9-35)26-18-12-16(4)38(24-22(31)19(29)13-20(30)25(24)40)27(41)23(18)32-28(33-26)37-14-17(15-37)34(6-2)7-3;1-3-15(31)28-4-6-29(7-5-28)20-12-8-11(2)30(21(32)18(12)26-10-27-20)19-16(24)13(22)9-14(23)17(19)25;1-3-16(30)27-6-8-28(9-7-27)20-13-10-12(2)29(21(31)18(13)25-11-26-20)19-15(24)5-4-14(22)17(19)23;1-3-16(30)27-6-8-28(9-7-27)20-13-10-12(2)29(21(31)18(13)25-11-26-20)19-15(23)5-4-14(22)17(19)24/h5,12-13,17,40H,1,6-11,14-15H2,2-4H3;3,8-10H,1,4-7,25H2,2H3;2*3-5,10-11H,1,6-9,24H2,2H3. The Hall–Kier alpha value is -13.5. The van der Waals surface area contributed by atoms with Crippen LogP contribution in [0.3, 0.4) is 0 Å². The molecule has 0 unspecified atom stereocenters.